The molecule has 2 aromatic rings. The molecular weight excluding hydrogens is 226 g/mol. The van der Waals surface area contributed by atoms with E-state index in [9.17, 15) is 0 Å². The molecule has 0 aliphatic carbocycles. The number of hydrogen-bond acceptors (Lipinski definition) is 4. The summed E-state index contributed by atoms with van der Waals surface area (Å²) in [6.07, 6.45) is 7.22. The molecule has 0 aromatic carbocycles. The van der Waals surface area contributed by atoms with Crippen molar-refractivity contribution < 1.29 is 0 Å². The molecule has 0 saturated carbocycles. The molecule has 0 radical (unpaired) electrons. The molecule has 0 saturated heterocycles. The number of rotatable bonds is 5. The van der Waals surface area contributed by atoms with Crippen LogP contribution in [0.1, 0.15) is 31.3 Å². The van der Waals surface area contributed by atoms with Gasteiger partial charge in [0.1, 0.15) is 0 Å². The van der Waals surface area contributed by atoms with Crippen LogP contribution in [0, 0.1) is 6.92 Å². The van der Waals surface area contributed by atoms with Gasteiger partial charge in [-0.25, -0.2) is 0 Å². The van der Waals surface area contributed by atoms with Crippen LogP contribution < -0.4 is 5.32 Å². The average molecular weight is 245 g/mol. The predicted molar refractivity (Wildman–Crippen MR) is 70.0 cm³/mol. The van der Waals surface area contributed by atoms with Crippen molar-refractivity contribution in [3.05, 3.63) is 42.2 Å². The molecule has 5 nitrogen and oxygen atoms in total. The van der Waals surface area contributed by atoms with E-state index in [0.29, 0.717) is 6.04 Å². The van der Waals surface area contributed by atoms with Gasteiger partial charge in [0.15, 0.2) is 0 Å². The first-order valence-corrected chi connectivity index (χ1v) is 6.18. The maximum absolute atomic E-state index is 4.38. The number of aromatic nitrogens is 4. The van der Waals surface area contributed by atoms with E-state index >= 15 is 0 Å². The molecule has 0 fully saturated rings. The first-order chi connectivity index (χ1) is 8.66. The van der Waals surface area contributed by atoms with Gasteiger partial charge in [-0.3, -0.25) is 14.6 Å². The van der Waals surface area contributed by atoms with Gasteiger partial charge in [-0.15, -0.1) is 0 Å². The Hall–Kier alpha value is -1.75. The summed E-state index contributed by atoms with van der Waals surface area (Å²) in [6, 6.07) is 2.44. The van der Waals surface area contributed by atoms with Crippen LogP contribution in [0.3, 0.4) is 0 Å². The second-order valence-electron chi connectivity index (χ2n) is 4.54. The van der Waals surface area contributed by atoms with Gasteiger partial charge in [-0.05, 0) is 26.8 Å². The van der Waals surface area contributed by atoms with Crippen LogP contribution in [0.2, 0.25) is 0 Å². The summed E-state index contributed by atoms with van der Waals surface area (Å²) in [5.41, 5.74) is 1.98. The highest BCUT2D eigenvalue weighted by Crippen LogP contribution is 2.12. The monoisotopic (exact) mass is 245 g/mol. The standard InChI is InChI=1S/C13H19N5/c1-10(9-18-8-4-5-16-18)17-12(3)13-11(2)14-6-7-15-13/h4-8,10,12,17H,9H2,1-3H3. The van der Waals surface area contributed by atoms with Crippen LogP contribution in [-0.2, 0) is 6.54 Å². The lowest BCUT2D eigenvalue weighted by Gasteiger charge is -2.20. The van der Waals surface area contributed by atoms with Gasteiger partial charge < -0.3 is 5.32 Å². The molecule has 96 valence electrons. The minimum atomic E-state index is 0.185. The molecule has 2 unspecified atom stereocenters. The lowest BCUT2D eigenvalue weighted by molar-refractivity contribution is 0.407. The zero-order chi connectivity index (χ0) is 13.0. The number of nitrogens with one attached hydrogen (secondary N) is 1. The first-order valence-electron chi connectivity index (χ1n) is 6.18. The molecule has 2 aromatic heterocycles. The summed E-state index contributed by atoms with van der Waals surface area (Å²) >= 11 is 0. The highest BCUT2D eigenvalue weighted by molar-refractivity contribution is 5.12. The summed E-state index contributed by atoms with van der Waals surface area (Å²) in [4.78, 5) is 8.64. The third-order valence-corrected chi connectivity index (χ3v) is 2.88. The molecule has 2 rings (SSSR count). The Labute approximate surface area is 107 Å². The van der Waals surface area contributed by atoms with Gasteiger partial charge in [-0.1, -0.05) is 0 Å². The van der Waals surface area contributed by atoms with Crippen molar-refractivity contribution in [2.75, 3.05) is 0 Å². The van der Waals surface area contributed by atoms with E-state index < -0.39 is 0 Å². The highest BCUT2D eigenvalue weighted by Gasteiger charge is 2.13. The van der Waals surface area contributed by atoms with Crippen molar-refractivity contribution in [3.63, 3.8) is 0 Å². The molecule has 0 aliphatic heterocycles. The largest absolute Gasteiger partial charge is 0.304 e. The third kappa shape index (κ3) is 3.13. The number of nitrogens with zero attached hydrogens (tertiary/aromatic N) is 4. The molecular formula is C13H19N5. The summed E-state index contributed by atoms with van der Waals surface area (Å²) in [6.45, 7) is 7.08. The highest BCUT2D eigenvalue weighted by atomic mass is 15.3. The second-order valence-corrected chi connectivity index (χ2v) is 4.54. The van der Waals surface area contributed by atoms with Crippen LogP contribution in [0.25, 0.3) is 0 Å². The van der Waals surface area contributed by atoms with E-state index in [1.165, 1.54) is 0 Å². The minimum Gasteiger partial charge on any atom is -0.304 e. The van der Waals surface area contributed by atoms with Crippen molar-refractivity contribution in [3.8, 4) is 0 Å². The lowest BCUT2D eigenvalue weighted by Crippen LogP contribution is -2.33. The summed E-state index contributed by atoms with van der Waals surface area (Å²) in [5.74, 6) is 0. The molecule has 1 N–H and O–H groups in total. The van der Waals surface area contributed by atoms with E-state index in [2.05, 4.69) is 34.2 Å². The zero-order valence-electron chi connectivity index (χ0n) is 11.0. The zero-order valence-corrected chi connectivity index (χ0v) is 11.0. The Morgan fingerprint density at radius 1 is 1.22 bits per heavy atom. The fraction of sp³-hybridized carbons (Fsp3) is 0.462. The maximum atomic E-state index is 4.38. The van der Waals surface area contributed by atoms with E-state index in [1.54, 1.807) is 18.6 Å². The fourth-order valence-electron chi connectivity index (χ4n) is 2.09. The topological polar surface area (TPSA) is 55.6 Å². The predicted octanol–water partition coefficient (Wildman–Crippen LogP) is 1.72. The van der Waals surface area contributed by atoms with Crippen LogP contribution in [0.15, 0.2) is 30.9 Å². The summed E-state index contributed by atoms with van der Waals surface area (Å²) in [7, 11) is 0. The van der Waals surface area contributed by atoms with Crippen LogP contribution in [-0.4, -0.2) is 25.8 Å². The van der Waals surface area contributed by atoms with E-state index in [-0.39, 0.29) is 6.04 Å². The van der Waals surface area contributed by atoms with E-state index in [4.69, 9.17) is 0 Å². The van der Waals surface area contributed by atoms with Crippen LogP contribution >= 0.6 is 0 Å². The molecule has 0 aliphatic rings. The Morgan fingerprint density at radius 2 is 2.00 bits per heavy atom. The molecule has 5 heteroatoms. The smallest absolute Gasteiger partial charge is 0.0782 e. The fourth-order valence-corrected chi connectivity index (χ4v) is 2.09. The second kappa shape index (κ2) is 5.73. The van der Waals surface area contributed by atoms with Crippen LogP contribution in [0.5, 0.6) is 0 Å². The third-order valence-electron chi connectivity index (χ3n) is 2.88. The van der Waals surface area contributed by atoms with Crippen molar-refractivity contribution in [1.29, 1.82) is 0 Å². The molecule has 2 atom stereocenters. The Bertz CT molecular complexity index is 480. The van der Waals surface area contributed by atoms with Gasteiger partial charge in [0.25, 0.3) is 0 Å². The Kier molecular flexibility index (Phi) is 4.04. The van der Waals surface area contributed by atoms with E-state index in [1.807, 2.05) is 23.9 Å². The van der Waals surface area contributed by atoms with Crippen molar-refractivity contribution in [2.24, 2.45) is 0 Å². The van der Waals surface area contributed by atoms with Crippen LogP contribution in [0.4, 0.5) is 0 Å². The Morgan fingerprint density at radius 3 is 2.67 bits per heavy atom. The van der Waals surface area contributed by atoms with Gasteiger partial charge in [-0.2, -0.15) is 5.10 Å². The molecule has 0 spiro atoms. The van der Waals surface area contributed by atoms with E-state index in [0.717, 1.165) is 17.9 Å². The van der Waals surface area contributed by atoms with Gasteiger partial charge >= 0.3 is 0 Å². The Balaban J connectivity index is 1.95. The SMILES string of the molecule is Cc1nccnc1C(C)NC(C)Cn1cccn1. The molecule has 18 heavy (non-hydrogen) atoms. The average Bonchev–Trinajstić information content (AvgIpc) is 2.82. The summed E-state index contributed by atoms with van der Waals surface area (Å²) < 4.78 is 1.92. The van der Waals surface area contributed by atoms with Crippen molar-refractivity contribution >= 4 is 0 Å². The summed E-state index contributed by atoms with van der Waals surface area (Å²) in [5, 5.41) is 7.71. The van der Waals surface area contributed by atoms with Gasteiger partial charge in [0.05, 0.1) is 17.9 Å². The number of aryl methyl sites for hydroxylation is 1. The maximum Gasteiger partial charge on any atom is 0.0782 e. The molecule has 0 amide bonds. The van der Waals surface area contributed by atoms with Crippen molar-refractivity contribution in [1.82, 2.24) is 25.1 Å². The van der Waals surface area contributed by atoms with Gasteiger partial charge in [0, 0.05) is 36.9 Å². The van der Waals surface area contributed by atoms with Crippen molar-refractivity contribution in [2.45, 2.75) is 39.4 Å². The normalized spacial score (nSPS) is 14.4. The first kappa shape index (κ1) is 12.7. The molecule has 0 bridgehead atoms. The molecule has 2 heterocycles. The quantitative estimate of drug-likeness (QED) is 0.871. The van der Waals surface area contributed by atoms with Gasteiger partial charge in [0.2, 0.25) is 0 Å². The minimum absolute atomic E-state index is 0.185. The number of hydrogen-bond donors (Lipinski definition) is 1. The lowest BCUT2D eigenvalue weighted by atomic mass is 10.1.